The van der Waals surface area contributed by atoms with Gasteiger partial charge in [0, 0.05) is 12.3 Å². The van der Waals surface area contributed by atoms with E-state index in [1.807, 2.05) is 6.07 Å². The molecule has 1 aromatic heterocycles. The Kier molecular flexibility index (Phi) is 6.36. The van der Waals surface area contributed by atoms with Gasteiger partial charge in [-0.2, -0.15) is 0 Å². The number of amides is 1. The number of para-hydroxylation sites is 1. The van der Waals surface area contributed by atoms with Crippen LogP contribution in [-0.2, 0) is 16.1 Å². The number of hydrogen-bond donors (Lipinski definition) is 0. The number of nitrogens with zero attached hydrogens (tertiary/aromatic N) is 2. The van der Waals surface area contributed by atoms with Crippen LogP contribution in [0.25, 0.3) is 0 Å². The summed E-state index contributed by atoms with van der Waals surface area (Å²) < 4.78 is 45.5. The van der Waals surface area contributed by atoms with Crippen molar-refractivity contribution in [3.05, 3.63) is 71.2 Å². The van der Waals surface area contributed by atoms with Gasteiger partial charge >= 0.3 is 12.3 Å². The highest BCUT2D eigenvalue weighted by Gasteiger charge is 2.31. The predicted octanol–water partition coefficient (Wildman–Crippen LogP) is 5.08. The third-order valence-corrected chi connectivity index (χ3v) is 4.61. The first-order chi connectivity index (χ1) is 14.2. The minimum Gasteiger partial charge on any atom is -0.456 e. The van der Waals surface area contributed by atoms with E-state index in [1.165, 1.54) is 35.3 Å². The maximum absolute atomic E-state index is 12.2. The zero-order valence-corrected chi connectivity index (χ0v) is 16.4. The Morgan fingerprint density at radius 3 is 2.33 bits per heavy atom. The van der Waals surface area contributed by atoms with E-state index in [0.717, 1.165) is 12.1 Å². The molecule has 0 N–H and O–H groups in total. The molecule has 0 atom stereocenters. The summed E-state index contributed by atoms with van der Waals surface area (Å²) in [6.07, 6.45) is -4.81. The van der Waals surface area contributed by atoms with E-state index in [0.29, 0.717) is 16.5 Å². The van der Waals surface area contributed by atoms with Crippen LogP contribution >= 0.6 is 11.3 Å². The molecule has 0 radical (unpaired) electrons. The van der Waals surface area contributed by atoms with E-state index < -0.39 is 18.1 Å². The molecule has 0 fully saturated rings. The Hall–Kier alpha value is -3.40. The van der Waals surface area contributed by atoms with Crippen LogP contribution in [0.2, 0.25) is 0 Å². The van der Waals surface area contributed by atoms with E-state index in [2.05, 4.69) is 9.72 Å². The van der Waals surface area contributed by atoms with Gasteiger partial charge in [0.15, 0.2) is 5.13 Å². The maximum Gasteiger partial charge on any atom is 0.573 e. The molecule has 30 heavy (non-hydrogen) atoms. The smallest absolute Gasteiger partial charge is 0.456 e. The fraction of sp³-hybridized carbons (Fsp3) is 0.150. The Morgan fingerprint density at radius 1 is 1.07 bits per heavy atom. The summed E-state index contributed by atoms with van der Waals surface area (Å²) >= 11 is 1.22. The van der Waals surface area contributed by atoms with Crippen LogP contribution in [0, 0.1) is 0 Å². The third kappa shape index (κ3) is 5.57. The van der Waals surface area contributed by atoms with E-state index in [-0.39, 0.29) is 18.1 Å². The third-order valence-electron chi connectivity index (χ3n) is 3.73. The lowest BCUT2D eigenvalue weighted by molar-refractivity contribution is -0.274. The molecule has 0 saturated heterocycles. The largest absolute Gasteiger partial charge is 0.573 e. The molecule has 0 bridgehead atoms. The number of ether oxygens (including phenoxy) is 2. The SMILES string of the molecule is CC(=O)N(c1ccccc1)c1nc(COC(=O)c2ccc(OC(F)(F)F)cc2)cs1. The van der Waals surface area contributed by atoms with Crippen molar-refractivity contribution < 1.29 is 32.2 Å². The maximum atomic E-state index is 12.2. The molecule has 3 aromatic rings. The number of halogens is 3. The standard InChI is InChI=1S/C20H15F3N2O4S/c1-13(26)25(16-5-3-2-4-6-16)19-24-15(12-30-19)11-28-18(27)14-7-9-17(10-8-14)29-20(21,22)23/h2-10,12H,11H2,1H3. The number of aromatic nitrogens is 1. The van der Waals surface area contributed by atoms with Crippen molar-refractivity contribution in [2.24, 2.45) is 0 Å². The van der Waals surface area contributed by atoms with Crippen molar-refractivity contribution in [2.45, 2.75) is 19.9 Å². The topological polar surface area (TPSA) is 68.7 Å². The highest BCUT2D eigenvalue weighted by Crippen LogP contribution is 2.29. The second-order valence-electron chi connectivity index (χ2n) is 5.96. The van der Waals surface area contributed by atoms with Gasteiger partial charge in [-0.15, -0.1) is 24.5 Å². The molecule has 0 aliphatic rings. The quantitative estimate of drug-likeness (QED) is 0.504. The molecule has 2 aromatic carbocycles. The van der Waals surface area contributed by atoms with Crippen LogP contribution in [0.4, 0.5) is 24.0 Å². The van der Waals surface area contributed by atoms with Gasteiger partial charge in [0.1, 0.15) is 12.4 Å². The number of carbonyl (C=O) groups excluding carboxylic acids is 2. The molecular weight excluding hydrogens is 421 g/mol. The summed E-state index contributed by atoms with van der Waals surface area (Å²) in [5.74, 6) is -1.39. The number of benzene rings is 2. The zero-order chi connectivity index (χ0) is 21.7. The minimum atomic E-state index is -4.81. The molecule has 6 nitrogen and oxygen atoms in total. The molecule has 10 heteroatoms. The lowest BCUT2D eigenvalue weighted by Crippen LogP contribution is -2.22. The highest BCUT2D eigenvalue weighted by atomic mass is 32.1. The number of hydrogen-bond acceptors (Lipinski definition) is 6. The molecule has 0 aliphatic carbocycles. The Labute approximate surface area is 173 Å². The van der Waals surface area contributed by atoms with Crippen LogP contribution in [0.1, 0.15) is 23.0 Å². The van der Waals surface area contributed by atoms with Crippen LogP contribution in [0.15, 0.2) is 60.0 Å². The van der Waals surface area contributed by atoms with Crippen LogP contribution in [0.3, 0.4) is 0 Å². The Balaban J connectivity index is 1.63. The molecule has 156 valence electrons. The first-order valence-electron chi connectivity index (χ1n) is 8.56. The van der Waals surface area contributed by atoms with Gasteiger partial charge in [0.25, 0.3) is 0 Å². The van der Waals surface area contributed by atoms with Crippen LogP contribution in [-0.4, -0.2) is 23.2 Å². The van der Waals surface area contributed by atoms with Gasteiger partial charge < -0.3 is 9.47 Å². The molecule has 0 saturated carbocycles. The Bertz CT molecular complexity index is 1020. The van der Waals surface area contributed by atoms with Crippen molar-refractivity contribution >= 4 is 34.0 Å². The van der Waals surface area contributed by atoms with Crippen molar-refractivity contribution in [1.82, 2.24) is 4.98 Å². The number of esters is 1. The molecule has 3 rings (SSSR count). The van der Waals surface area contributed by atoms with Gasteiger partial charge in [-0.25, -0.2) is 9.78 Å². The fourth-order valence-corrected chi connectivity index (χ4v) is 3.36. The van der Waals surface area contributed by atoms with Gasteiger partial charge in [-0.05, 0) is 36.4 Å². The van der Waals surface area contributed by atoms with Gasteiger partial charge in [-0.3, -0.25) is 9.69 Å². The molecule has 1 amide bonds. The summed E-state index contributed by atoms with van der Waals surface area (Å²) in [5.41, 5.74) is 1.15. The fourth-order valence-electron chi connectivity index (χ4n) is 2.48. The lowest BCUT2D eigenvalue weighted by Gasteiger charge is -2.17. The van der Waals surface area contributed by atoms with E-state index in [4.69, 9.17) is 4.74 Å². The second kappa shape index (κ2) is 8.95. The monoisotopic (exact) mass is 436 g/mol. The van der Waals surface area contributed by atoms with E-state index >= 15 is 0 Å². The number of anilines is 2. The van der Waals surface area contributed by atoms with E-state index in [1.54, 1.807) is 29.6 Å². The minimum absolute atomic E-state index is 0.0645. The van der Waals surface area contributed by atoms with Gasteiger partial charge in [0.05, 0.1) is 16.9 Å². The van der Waals surface area contributed by atoms with Crippen LogP contribution in [0.5, 0.6) is 5.75 Å². The summed E-state index contributed by atoms with van der Waals surface area (Å²) in [5, 5.41) is 2.08. The van der Waals surface area contributed by atoms with Gasteiger partial charge in [0.2, 0.25) is 5.91 Å². The normalized spacial score (nSPS) is 11.1. The van der Waals surface area contributed by atoms with Gasteiger partial charge in [-0.1, -0.05) is 18.2 Å². The summed E-state index contributed by atoms with van der Waals surface area (Å²) in [7, 11) is 0. The molecule has 0 aliphatic heterocycles. The molecule has 1 heterocycles. The van der Waals surface area contributed by atoms with Crippen molar-refractivity contribution in [2.75, 3.05) is 4.90 Å². The summed E-state index contributed by atoms with van der Waals surface area (Å²) in [6.45, 7) is 1.26. The molecule has 0 unspecified atom stereocenters. The summed E-state index contributed by atoms with van der Waals surface area (Å²) in [6, 6.07) is 13.4. The van der Waals surface area contributed by atoms with Crippen molar-refractivity contribution in [1.29, 1.82) is 0 Å². The second-order valence-corrected chi connectivity index (χ2v) is 6.80. The average Bonchev–Trinajstić information content (AvgIpc) is 3.14. The highest BCUT2D eigenvalue weighted by molar-refractivity contribution is 7.14. The van der Waals surface area contributed by atoms with Crippen LogP contribution < -0.4 is 9.64 Å². The first-order valence-corrected chi connectivity index (χ1v) is 9.44. The first kappa shape index (κ1) is 21.3. The predicted molar refractivity (Wildman–Crippen MR) is 104 cm³/mol. The number of carbonyl (C=O) groups is 2. The average molecular weight is 436 g/mol. The lowest BCUT2D eigenvalue weighted by atomic mass is 10.2. The number of alkyl halides is 3. The number of thiazole rings is 1. The van der Waals surface area contributed by atoms with Crippen molar-refractivity contribution in [3.8, 4) is 5.75 Å². The summed E-state index contributed by atoms with van der Waals surface area (Å²) in [4.78, 5) is 29.9. The number of rotatable bonds is 6. The zero-order valence-electron chi connectivity index (χ0n) is 15.6. The van der Waals surface area contributed by atoms with E-state index in [9.17, 15) is 22.8 Å². The Morgan fingerprint density at radius 2 is 1.73 bits per heavy atom. The molecule has 0 spiro atoms. The van der Waals surface area contributed by atoms with Crippen molar-refractivity contribution in [3.63, 3.8) is 0 Å². The molecular formula is C20H15F3N2O4S.